The van der Waals surface area contributed by atoms with E-state index in [9.17, 15) is 4.79 Å². The molecule has 5 rings (SSSR count). The number of ether oxygens (including phenoxy) is 1. The fourth-order valence-electron chi connectivity index (χ4n) is 3.64. The summed E-state index contributed by atoms with van der Waals surface area (Å²) in [5, 5.41) is 0. The van der Waals surface area contributed by atoms with Crippen molar-refractivity contribution in [3.8, 4) is 22.6 Å². The van der Waals surface area contributed by atoms with Crippen molar-refractivity contribution in [3.63, 3.8) is 0 Å². The van der Waals surface area contributed by atoms with E-state index in [0.717, 1.165) is 48.7 Å². The molecule has 29 heavy (non-hydrogen) atoms. The van der Waals surface area contributed by atoms with Crippen molar-refractivity contribution in [2.75, 3.05) is 13.2 Å². The Hall–Kier alpha value is -2.97. The topological polar surface area (TPSA) is 101 Å². The Kier molecular flexibility index (Phi) is 5.46. The molecular weight excluding hydrogens is 392 g/mol. The average molecular weight is 413 g/mol. The van der Waals surface area contributed by atoms with E-state index in [2.05, 4.69) is 19.9 Å². The van der Waals surface area contributed by atoms with Gasteiger partial charge in [-0.3, -0.25) is 9.55 Å². The number of halogens is 1. The lowest BCUT2D eigenvalue weighted by molar-refractivity contribution is 0.0613. The molecule has 0 atom stereocenters. The maximum atomic E-state index is 12.4. The zero-order valence-corrected chi connectivity index (χ0v) is 16.5. The molecule has 1 aromatic carbocycles. The number of aromatic nitrogens is 6. The van der Waals surface area contributed by atoms with Gasteiger partial charge >= 0.3 is 5.69 Å². The summed E-state index contributed by atoms with van der Waals surface area (Å²) in [4.78, 5) is 31.8. The molecule has 0 spiro atoms. The first kappa shape index (κ1) is 19.4. The van der Waals surface area contributed by atoms with E-state index < -0.39 is 0 Å². The van der Waals surface area contributed by atoms with Gasteiger partial charge in [0, 0.05) is 43.3 Å². The largest absolute Gasteiger partial charge is 0.381 e. The molecule has 0 amide bonds. The predicted octanol–water partition coefficient (Wildman–Crippen LogP) is 3.03. The predicted molar refractivity (Wildman–Crippen MR) is 112 cm³/mol. The van der Waals surface area contributed by atoms with Gasteiger partial charge in [0.25, 0.3) is 0 Å². The molecule has 0 saturated carbocycles. The van der Waals surface area contributed by atoms with Crippen LogP contribution >= 0.6 is 12.4 Å². The number of aromatic amines is 2. The number of imidazole rings is 2. The average Bonchev–Trinajstić information content (AvgIpc) is 3.38. The van der Waals surface area contributed by atoms with E-state index in [-0.39, 0.29) is 18.1 Å². The molecule has 1 saturated heterocycles. The SMILES string of the molecule is Cl.O=c1[nH]c2ncc(-c3ccc(-c4ncc[nH]4)cc3)nc2n1CC1CCOCC1. The molecule has 1 aliphatic rings. The molecule has 3 aromatic heterocycles. The van der Waals surface area contributed by atoms with Crippen LogP contribution in [0.1, 0.15) is 12.8 Å². The second-order valence-electron chi connectivity index (χ2n) is 7.04. The van der Waals surface area contributed by atoms with Crippen molar-refractivity contribution in [2.24, 2.45) is 5.92 Å². The highest BCUT2D eigenvalue weighted by atomic mass is 35.5. The van der Waals surface area contributed by atoms with Gasteiger partial charge in [0.15, 0.2) is 11.3 Å². The zero-order valence-electron chi connectivity index (χ0n) is 15.7. The second-order valence-corrected chi connectivity index (χ2v) is 7.04. The van der Waals surface area contributed by atoms with Crippen LogP contribution in [0.4, 0.5) is 0 Å². The number of nitrogens with one attached hydrogen (secondary N) is 2. The third kappa shape index (κ3) is 3.81. The molecular formula is C20H21ClN6O2. The van der Waals surface area contributed by atoms with Crippen LogP contribution in [0.2, 0.25) is 0 Å². The van der Waals surface area contributed by atoms with E-state index in [1.807, 2.05) is 24.3 Å². The van der Waals surface area contributed by atoms with Crippen molar-refractivity contribution >= 4 is 23.7 Å². The van der Waals surface area contributed by atoms with Gasteiger partial charge < -0.3 is 9.72 Å². The van der Waals surface area contributed by atoms with Gasteiger partial charge in [-0.25, -0.2) is 19.7 Å². The maximum absolute atomic E-state index is 12.4. The molecule has 0 bridgehead atoms. The Morgan fingerprint density at radius 3 is 2.59 bits per heavy atom. The third-order valence-electron chi connectivity index (χ3n) is 5.21. The van der Waals surface area contributed by atoms with E-state index >= 15 is 0 Å². The monoisotopic (exact) mass is 412 g/mol. The van der Waals surface area contributed by atoms with Gasteiger partial charge in [0.2, 0.25) is 0 Å². The minimum atomic E-state index is -0.160. The Morgan fingerprint density at radius 2 is 1.86 bits per heavy atom. The van der Waals surface area contributed by atoms with Crippen LogP contribution in [0, 0.1) is 5.92 Å². The molecule has 0 unspecified atom stereocenters. The minimum absolute atomic E-state index is 0. The van der Waals surface area contributed by atoms with Crippen LogP contribution in [-0.4, -0.2) is 42.7 Å². The Labute approximate surface area is 172 Å². The van der Waals surface area contributed by atoms with Gasteiger partial charge in [0.05, 0.1) is 11.9 Å². The summed E-state index contributed by atoms with van der Waals surface area (Å²) in [7, 11) is 0. The van der Waals surface area contributed by atoms with Crippen LogP contribution in [0.25, 0.3) is 33.9 Å². The number of fused-ring (bicyclic) bond motifs is 1. The van der Waals surface area contributed by atoms with Crippen LogP contribution in [0.15, 0.2) is 47.7 Å². The molecule has 0 aliphatic carbocycles. The van der Waals surface area contributed by atoms with Crippen LogP contribution in [0.3, 0.4) is 0 Å². The van der Waals surface area contributed by atoms with Crippen molar-refractivity contribution < 1.29 is 4.74 Å². The molecule has 1 aliphatic heterocycles. The minimum Gasteiger partial charge on any atom is -0.381 e. The van der Waals surface area contributed by atoms with E-state index in [0.29, 0.717) is 23.8 Å². The number of hydrogen-bond acceptors (Lipinski definition) is 5. The standard InChI is InChI=1S/C20H20N6O2.ClH/c27-20-25-18-19(26(20)12-13-5-9-28-10-6-13)24-16(11-23-18)14-1-3-15(4-2-14)17-21-7-8-22-17;/h1-4,7-8,11,13H,5-6,9-10,12H2,(H,21,22)(H,23,25,27);1H. The zero-order chi connectivity index (χ0) is 18.9. The lowest BCUT2D eigenvalue weighted by atomic mass is 10.0. The lowest BCUT2D eigenvalue weighted by Gasteiger charge is -2.21. The van der Waals surface area contributed by atoms with E-state index in [1.165, 1.54) is 0 Å². The molecule has 8 nitrogen and oxygen atoms in total. The van der Waals surface area contributed by atoms with E-state index in [4.69, 9.17) is 9.72 Å². The molecule has 1 fully saturated rings. The smallest absolute Gasteiger partial charge is 0.328 e. The van der Waals surface area contributed by atoms with Crippen molar-refractivity contribution in [1.29, 1.82) is 0 Å². The maximum Gasteiger partial charge on any atom is 0.328 e. The summed E-state index contributed by atoms with van der Waals surface area (Å²) < 4.78 is 7.13. The summed E-state index contributed by atoms with van der Waals surface area (Å²) in [5.74, 6) is 1.24. The summed E-state index contributed by atoms with van der Waals surface area (Å²) in [6.45, 7) is 2.14. The number of rotatable bonds is 4. The van der Waals surface area contributed by atoms with E-state index in [1.54, 1.807) is 23.2 Å². The second kappa shape index (κ2) is 8.18. The first-order chi connectivity index (χ1) is 13.8. The highest BCUT2D eigenvalue weighted by Crippen LogP contribution is 2.23. The summed E-state index contributed by atoms with van der Waals surface area (Å²) >= 11 is 0. The normalized spacial score (nSPS) is 14.8. The number of benzene rings is 1. The summed E-state index contributed by atoms with van der Waals surface area (Å²) in [5.41, 5.74) is 3.64. The van der Waals surface area contributed by atoms with Crippen LogP contribution < -0.4 is 5.69 Å². The molecule has 2 N–H and O–H groups in total. The highest BCUT2D eigenvalue weighted by Gasteiger charge is 2.18. The molecule has 4 heterocycles. The summed E-state index contributed by atoms with van der Waals surface area (Å²) in [6.07, 6.45) is 7.14. The number of H-pyrrole nitrogens is 2. The molecule has 0 radical (unpaired) electrons. The summed E-state index contributed by atoms with van der Waals surface area (Å²) in [6, 6.07) is 7.96. The first-order valence-corrected chi connectivity index (χ1v) is 9.41. The van der Waals surface area contributed by atoms with Gasteiger partial charge in [-0.15, -0.1) is 12.4 Å². The third-order valence-corrected chi connectivity index (χ3v) is 5.21. The quantitative estimate of drug-likeness (QED) is 0.536. The number of hydrogen-bond donors (Lipinski definition) is 2. The Balaban J connectivity index is 0.00000205. The first-order valence-electron chi connectivity index (χ1n) is 9.41. The highest BCUT2D eigenvalue weighted by molar-refractivity contribution is 5.85. The van der Waals surface area contributed by atoms with Gasteiger partial charge in [0.1, 0.15) is 5.82 Å². The van der Waals surface area contributed by atoms with Crippen LogP contribution in [-0.2, 0) is 11.3 Å². The molecule has 9 heteroatoms. The van der Waals surface area contributed by atoms with Crippen molar-refractivity contribution in [1.82, 2.24) is 29.5 Å². The Morgan fingerprint density at radius 1 is 1.10 bits per heavy atom. The van der Waals surface area contributed by atoms with Crippen LogP contribution in [0.5, 0.6) is 0 Å². The lowest BCUT2D eigenvalue weighted by Crippen LogP contribution is -2.26. The van der Waals surface area contributed by atoms with Gasteiger partial charge in [-0.1, -0.05) is 24.3 Å². The number of nitrogens with zero attached hydrogens (tertiary/aromatic N) is 4. The molecule has 4 aromatic rings. The van der Waals surface area contributed by atoms with Gasteiger partial charge in [-0.05, 0) is 18.8 Å². The van der Waals surface area contributed by atoms with Crippen molar-refractivity contribution in [3.05, 3.63) is 53.3 Å². The fourth-order valence-corrected chi connectivity index (χ4v) is 3.64. The molecule has 150 valence electrons. The van der Waals surface area contributed by atoms with Crippen molar-refractivity contribution in [2.45, 2.75) is 19.4 Å². The Bertz CT molecular complexity index is 1140. The van der Waals surface area contributed by atoms with Gasteiger partial charge in [-0.2, -0.15) is 0 Å². The fraction of sp³-hybridized carbons (Fsp3) is 0.300.